The molecule has 1 aromatic carbocycles. The van der Waals surface area contributed by atoms with Gasteiger partial charge in [0.1, 0.15) is 6.04 Å². The summed E-state index contributed by atoms with van der Waals surface area (Å²) in [5.74, 6) is -0.356. The zero-order valence-corrected chi connectivity index (χ0v) is 11.5. The summed E-state index contributed by atoms with van der Waals surface area (Å²) in [6.45, 7) is 2.13. The van der Waals surface area contributed by atoms with Gasteiger partial charge in [0.25, 0.3) is 0 Å². The van der Waals surface area contributed by atoms with Crippen molar-refractivity contribution >= 4 is 5.97 Å². The Balaban J connectivity index is 2.04. The molecule has 20 heavy (non-hydrogen) atoms. The normalized spacial score (nSPS) is 11.9. The average Bonchev–Trinajstić information content (AvgIpc) is 2.49. The molecule has 1 heterocycles. The monoisotopic (exact) mass is 270 g/mol. The highest BCUT2D eigenvalue weighted by atomic mass is 16.5. The molecular formula is C16H18N2O2. The lowest BCUT2D eigenvalue weighted by Gasteiger charge is -2.11. The Morgan fingerprint density at radius 3 is 2.35 bits per heavy atom. The van der Waals surface area contributed by atoms with Crippen molar-refractivity contribution in [2.45, 2.75) is 19.4 Å². The zero-order chi connectivity index (χ0) is 14.4. The molecule has 0 amide bonds. The smallest absolute Gasteiger partial charge is 0.323 e. The number of hydrogen-bond acceptors (Lipinski definition) is 4. The highest BCUT2D eigenvalue weighted by Crippen LogP contribution is 2.19. The van der Waals surface area contributed by atoms with E-state index in [0.717, 1.165) is 16.7 Å². The Hall–Kier alpha value is -2.20. The van der Waals surface area contributed by atoms with Crippen LogP contribution in [0.3, 0.4) is 0 Å². The standard InChI is InChI=1S/C16H18N2O2/c1-2-20-16(19)15(17)11-12-3-5-13(6-4-12)14-7-9-18-10-8-14/h3-10,15H,2,11,17H2,1H3. The largest absolute Gasteiger partial charge is 0.465 e. The molecule has 1 atom stereocenters. The second-order valence-corrected chi connectivity index (χ2v) is 4.50. The molecular weight excluding hydrogens is 252 g/mol. The average molecular weight is 270 g/mol. The van der Waals surface area contributed by atoms with E-state index in [1.54, 1.807) is 19.3 Å². The maximum atomic E-state index is 11.5. The molecule has 0 bridgehead atoms. The molecule has 1 aromatic heterocycles. The number of nitrogens with two attached hydrogens (primary N) is 1. The van der Waals surface area contributed by atoms with Crippen LogP contribution in [-0.2, 0) is 16.0 Å². The third kappa shape index (κ3) is 3.65. The number of ether oxygens (including phenoxy) is 1. The SMILES string of the molecule is CCOC(=O)C(N)Cc1ccc(-c2ccncc2)cc1. The van der Waals surface area contributed by atoms with E-state index in [1.165, 1.54) is 0 Å². The molecule has 4 heteroatoms. The van der Waals surface area contributed by atoms with Crippen molar-refractivity contribution in [3.05, 3.63) is 54.4 Å². The van der Waals surface area contributed by atoms with Crippen LogP contribution in [0.1, 0.15) is 12.5 Å². The van der Waals surface area contributed by atoms with E-state index < -0.39 is 6.04 Å². The fourth-order valence-electron chi connectivity index (χ4n) is 1.96. The van der Waals surface area contributed by atoms with Crippen molar-refractivity contribution < 1.29 is 9.53 Å². The summed E-state index contributed by atoms with van der Waals surface area (Å²) in [5, 5.41) is 0. The minimum Gasteiger partial charge on any atom is -0.465 e. The van der Waals surface area contributed by atoms with Crippen LogP contribution in [0.5, 0.6) is 0 Å². The molecule has 0 saturated carbocycles. The van der Waals surface area contributed by atoms with Gasteiger partial charge in [-0.15, -0.1) is 0 Å². The molecule has 2 rings (SSSR count). The quantitative estimate of drug-likeness (QED) is 0.846. The maximum absolute atomic E-state index is 11.5. The Kier molecular flexibility index (Phi) is 4.85. The van der Waals surface area contributed by atoms with Crippen molar-refractivity contribution in [3.63, 3.8) is 0 Å². The Morgan fingerprint density at radius 1 is 1.15 bits per heavy atom. The number of benzene rings is 1. The van der Waals surface area contributed by atoms with Gasteiger partial charge in [0.15, 0.2) is 0 Å². The molecule has 0 radical (unpaired) electrons. The zero-order valence-electron chi connectivity index (χ0n) is 11.5. The van der Waals surface area contributed by atoms with Crippen LogP contribution in [0.4, 0.5) is 0 Å². The molecule has 1 unspecified atom stereocenters. The molecule has 4 nitrogen and oxygen atoms in total. The molecule has 0 aliphatic rings. The highest BCUT2D eigenvalue weighted by molar-refractivity contribution is 5.76. The number of carbonyl (C=O) groups excluding carboxylic acids is 1. The minimum absolute atomic E-state index is 0.355. The molecule has 2 aromatic rings. The molecule has 2 N–H and O–H groups in total. The van der Waals surface area contributed by atoms with Crippen LogP contribution in [0.25, 0.3) is 11.1 Å². The molecule has 0 spiro atoms. The van der Waals surface area contributed by atoms with Crippen molar-refractivity contribution in [1.29, 1.82) is 0 Å². The Bertz CT molecular complexity index is 552. The van der Waals surface area contributed by atoms with Gasteiger partial charge in [0.05, 0.1) is 6.61 Å². The van der Waals surface area contributed by atoms with E-state index in [1.807, 2.05) is 36.4 Å². The second kappa shape index (κ2) is 6.82. The van der Waals surface area contributed by atoms with Crippen molar-refractivity contribution in [2.75, 3.05) is 6.61 Å². The van der Waals surface area contributed by atoms with Gasteiger partial charge in [-0.25, -0.2) is 0 Å². The minimum atomic E-state index is -0.610. The third-order valence-corrected chi connectivity index (χ3v) is 3.01. The van der Waals surface area contributed by atoms with E-state index >= 15 is 0 Å². The molecule has 104 valence electrons. The maximum Gasteiger partial charge on any atom is 0.323 e. The van der Waals surface area contributed by atoms with Gasteiger partial charge < -0.3 is 10.5 Å². The Morgan fingerprint density at radius 2 is 1.75 bits per heavy atom. The van der Waals surface area contributed by atoms with Crippen LogP contribution in [0.15, 0.2) is 48.8 Å². The van der Waals surface area contributed by atoms with E-state index in [2.05, 4.69) is 4.98 Å². The lowest BCUT2D eigenvalue weighted by Crippen LogP contribution is -2.34. The van der Waals surface area contributed by atoms with Gasteiger partial charge >= 0.3 is 5.97 Å². The summed E-state index contributed by atoms with van der Waals surface area (Å²) in [6, 6.07) is 11.3. The van der Waals surface area contributed by atoms with Gasteiger partial charge in [0, 0.05) is 12.4 Å². The first-order valence-electron chi connectivity index (χ1n) is 6.62. The fraction of sp³-hybridized carbons (Fsp3) is 0.250. The fourth-order valence-corrected chi connectivity index (χ4v) is 1.96. The predicted molar refractivity (Wildman–Crippen MR) is 78.0 cm³/mol. The van der Waals surface area contributed by atoms with Gasteiger partial charge in [-0.1, -0.05) is 24.3 Å². The van der Waals surface area contributed by atoms with Crippen LogP contribution >= 0.6 is 0 Å². The molecule has 0 aliphatic carbocycles. The number of nitrogens with zero attached hydrogens (tertiary/aromatic N) is 1. The number of carbonyl (C=O) groups is 1. The van der Waals surface area contributed by atoms with Crippen LogP contribution in [0.2, 0.25) is 0 Å². The second-order valence-electron chi connectivity index (χ2n) is 4.50. The first kappa shape index (κ1) is 14.2. The predicted octanol–water partition coefficient (Wildman–Crippen LogP) is 2.18. The summed E-state index contributed by atoms with van der Waals surface area (Å²) in [4.78, 5) is 15.5. The van der Waals surface area contributed by atoms with Crippen molar-refractivity contribution in [2.24, 2.45) is 5.73 Å². The Labute approximate surface area is 118 Å². The first-order valence-corrected chi connectivity index (χ1v) is 6.62. The van der Waals surface area contributed by atoms with E-state index in [-0.39, 0.29) is 5.97 Å². The number of hydrogen-bond donors (Lipinski definition) is 1. The highest BCUT2D eigenvalue weighted by Gasteiger charge is 2.14. The summed E-state index contributed by atoms with van der Waals surface area (Å²) in [5.41, 5.74) is 9.04. The summed E-state index contributed by atoms with van der Waals surface area (Å²) in [7, 11) is 0. The summed E-state index contributed by atoms with van der Waals surface area (Å²) < 4.78 is 4.90. The van der Waals surface area contributed by atoms with E-state index in [9.17, 15) is 4.79 Å². The number of aromatic nitrogens is 1. The third-order valence-electron chi connectivity index (χ3n) is 3.01. The molecule has 0 saturated heterocycles. The van der Waals surface area contributed by atoms with E-state index in [0.29, 0.717) is 13.0 Å². The van der Waals surface area contributed by atoms with E-state index in [4.69, 9.17) is 10.5 Å². The van der Waals surface area contributed by atoms with Crippen LogP contribution in [0, 0.1) is 0 Å². The van der Waals surface area contributed by atoms with Gasteiger partial charge in [0.2, 0.25) is 0 Å². The lowest BCUT2D eigenvalue weighted by atomic mass is 10.0. The van der Waals surface area contributed by atoms with Crippen LogP contribution < -0.4 is 5.73 Å². The van der Waals surface area contributed by atoms with Gasteiger partial charge in [-0.05, 0) is 42.2 Å². The van der Waals surface area contributed by atoms with Crippen molar-refractivity contribution in [3.8, 4) is 11.1 Å². The first-order chi connectivity index (χ1) is 9.70. The number of pyridine rings is 1. The summed E-state index contributed by atoms with van der Waals surface area (Å²) in [6.07, 6.45) is 4.01. The van der Waals surface area contributed by atoms with Crippen molar-refractivity contribution in [1.82, 2.24) is 4.98 Å². The van der Waals surface area contributed by atoms with Gasteiger partial charge in [-0.3, -0.25) is 9.78 Å². The number of esters is 1. The number of rotatable bonds is 5. The lowest BCUT2D eigenvalue weighted by molar-refractivity contribution is -0.144. The summed E-state index contributed by atoms with van der Waals surface area (Å²) >= 11 is 0. The molecule has 0 fully saturated rings. The van der Waals surface area contributed by atoms with Crippen LogP contribution in [-0.4, -0.2) is 23.6 Å². The topological polar surface area (TPSA) is 65.2 Å². The molecule has 0 aliphatic heterocycles. The van der Waals surface area contributed by atoms with Gasteiger partial charge in [-0.2, -0.15) is 0 Å².